The highest BCUT2D eigenvalue weighted by molar-refractivity contribution is 7.17. The van der Waals surface area contributed by atoms with Gasteiger partial charge in [-0.3, -0.25) is 23.5 Å². The highest BCUT2D eigenvalue weighted by Gasteiger charge is 2.17. The maximum Gasteiger partial charge on any atom is 0.332 e. The minimum atomic E-state index is -0.674. The lowest BCUT2D eigenvalue weighted by Gasteiger charge is -2.13. The summed E-state index contributed by atoms with van der Waals surface area (Å²) in [4.78, 5) is 51.1. The molecular weight excluding hydrogens is 471 g/mol. The Hall–Kier alpha value is -4.05. The Kier molecular flexibility index (Phi) is 7.21. The molecule has 0 aliphatic rings. The van der Waals surface area contributed by atoms with E-state index in [-0.39, 0.29) is 19.5 Å². The van der Waals surface area contributed by atoms with E-state index in [1.807, 2.05) is 19.1 Å². The molecule has 2 amide bonds. The van der Waals surface area contributed by atoms with E-state index in [2.05, 4.69) is 10.6 Å². The molecule has 2 aromatic heterocycles. The first-order valence-electron chi connectivity index (χ1n) is 11.0. The zero-order chi connectivity index (χ0) is 24.9. The van der Waals surface area contributed by atoms with Gasteiger partial charge in [-0.2, -0.15) is 0 Å². The number of halogens is 1. The third-order valence-corrected chi connectivity index (χ3v) is 6.37. The van der Waals surface area contributed by atoms with Gasteiger partial charge in [-0.05, 0) is 59.8 Å². The van der Waals surface area contributed by atoms with Crippen molar-refractivity contribution < 1.29 is 14.0 Å². The van der Waals surface area contributed by atoms with Crippen molar-refractivity contribution in [2.75, 3.05) is 10.6 Å². The van der Waals surface area contributed by atoms with Crippen molar-refractivity contribution in [2.24, 2.45) is 0 Å². The maximum atomic E-state index is 13.2. The second-order valence-electron chi connectivity index (χ2n) is 7.86. The van der Waals surface area contributed by atoms with Crippen molar-refractivity contribution in [3.05, 3.63) is 92.2 Å². The average molecular weight is 495 g/mol. The Morgan fingerprint density at radius 2 is 1.51 bits per heavy atom. The molecule has 0 radical (unpaired) electrons. The molecule has 8 nitrogen and oxygen atoms in total. The highest BCUT2D eigenvalue weighted by atomic mass is 32.1. The molecule has 0 atom stereocenters. The van der Waals surface area contributed by atoms with E-state index in [9.17, 15) is 23.6 Å². The van der Waals surface area contributed by atoms with Crippen LogP contribution < -0.4 is 21.9 Å². The molecule has 4 aromatic rings. The molecule has 0 saturated carbocycles. The molecule has 35 heavy (non-hydrogen) atoms. The zero-order valence-electron chi connectivity index (χ0n) is 18.9. The average Bonchev–Trinajstić information content (AvgIpc) is 3.34. The molecule has 4 rings (SSSR count). The van der Waals surface area contributed by atoms with Gasteiger partial charge in [0.05, 0.1) is 5.52 Å². The lowest BCUT2D eigenvalue weighted by Crippen LogP contribution is -2.41. The zero-order valence-corrected chi connectivity index (χ0v) is 19.7. The van der Waals surface area contributed by atoms with E-state index in [0.29, 0.717) is 21.6 Å². The number of anilines is 2. The van der Waals surface area contributed by atoms with Crippen LogP contribution in [-0.4, -0.2) is 20.9 Å². The van der Waals surface area contributed by atoms with Gasteiger partial charge in [0.1, 0.15) is 17.1 Å². The van der Waals surface area contributed by atoms with Crippen molar-refractivity contribution in [3.63, 3.8) is 0 Å². The standard InChI is InChI=1S/C25H23FN4O4S/c1-2-16-3-7-18(8-4-16)28-22(32)15-30-20-12-14-35-23(20)24(33)29(25(30)34)13-11-21(31)27-19-9-5-17(26)6-10-19/h3-10,12,14H,2,11,13,15H2,1H3,(H,27,31)(H,28,32). The summed E-state index contributed by atoms with van der Waals surface area (Å²) in [6.45, 7) is 1.58. The summed E-state index contributed by atoms with van der Waals surface area (Å²) >= 11 is 1.16. The van der Waals surface area contributed by atoms with Crippen LogP contribution in [0.2, 0.25) is 0 Å². The summed E-state index contributed by atoms with van der Waals surface area (Å²) in [6.07, 6.45) is 0.725. The van der Waals surface area contributed by atoms with Gasteiger partial charge in [-0.15, -0.1) is 11.3 Å². The number of aromatic nitrogens is 2. The molecule has 0 bridgehead atoms. The Labute approximate surface area is 203 Å². The first-order chi connectivity index (χ1) is 16.9. The van der Waals surface area contributed by atoms with E-state index in [1.165, 1.54) is 28.8 Å². The summed E-state index contributed by atoms with van der Waals surface area (Å²) in [5.74, 6) is -1.28. The topological polar surface area (TPSA) is 102 Å². The number of nitrogens with one attached hydrogen (secondary N) is 2. The lowest BCUT2D eigenvalue weighted by atomic mass is 10.1. The van der Waals surface area contributed by atoms with Gasteiger partial charge in [0, 0.05) is 24.3 Å². The molecule has 10 heteroatoms. The van der Waals surface area contributed by atoms with Crippen LogP contribution >= 0.6 is 11.3 Å². The van der Waals surface area contributed by atoms with Crippen LogP contribution in [0.3, 0.4) is 0 Å². The minimum Gasteiger partial charge on any atom is -0.326 e. The third-order valence-electron chi connectivity index (χ3n) is 5.47. The summed E-state index contributed by atoms with van der Waals surface area (Å²) in [5, 5.41) is 7.04. The number of carbonyl (C=O) groups is 2. The van der Waals surface area contributed by atoms with Crippen LogP contribution in [-0.2, 0) is 29.1 Å². The summed E-state index contributed by atoms with van der Waals surface area (Å²) in [7, 11) is 0. The van der Waals surface area contributed by atoms with Crippen molar-refractivity contribution in [2.45, 2.75) is 32.9 Å². The number of rotatable bonds is 8. The molecule has 0 spiro atoms. The predicted octanol–water partition coefficient (Wildman–Crippen LogP) is 3.59. The smallest absolute Gasteiger partial charge is 0.326 e. The Morgan fingerprint density at radius 3 is 2.17 bits per heavy atom. The number of nitrogens with zero attached hydrogens (tertiary/aromatic N) is 2. The fraction of sp³-hybridized carbons (Fsp3) is 0.200. The van der Waals surface area contributed by atoms with Gasteiger partial charge in [-0.1, -0.05) is 19.1 Å². The number of thiophene rings is 1. The van der Waals surface area contributed by atoms with Crippen LogP contribution in [0.25, 0.3) is 10.2 Å². The number of hydrogen-bond acceptors (Lipinski definition) is 5. The number of carbonyl (C=O) groups excluding carboxylic acids is 2. The van der Waals surface area contributed by atoms with Gasteiger partial charge in [0.2, 0.25) is 11.8 Å². The summed E-state index contributed by atoms with van der Waals surface area (Å²) in [6, 6.07) is 14.3. The molecule has 2 N–H and O–H groups in total. The third kappa shape index (κ3) is 5.55. The summed E-state index contributed by atoms with van der Waals surface area (Å²) < 4.78 is 15.6. The molecule has 0 unspecified atom stereocenters. The molecule has 2 aromatic carbocycles. The molecule has 180 valence electrons. The second kappa shape index (κ2) is 10.5. The van der Waals surface area contributed by atoms with Crippen molar-refractivity contribution >= 4 is 44.7 Å². The number of hydrogen-bond donors (Lipinski definition) is 2. The van der Waals surface area contributed by atoms with Crippen molar-refractivity contribution in [3.8, 4) is 0 Å². The second-order valence-corrected chi connectivity index (χ2v) is 8.78. The van der Waals surface area contributed by atoms with Gasteiger partial charge in [-0.25, -0.2) is 9.18 Å². The minimum absolute atomic E-state index is 0.153. The number of benzene rings is 2. The van der Waals surface area contributed by atoms with E-state index in [1.54, 1.807) is 23.6 Å². The normalized spacial score (nSPS) is 10.9. The van der Waals surface area contributed by atoms with Gasteiger partial charge in [0.25, 0.3) is 5.56 Å². The molecule has 0 aliphatic carbocycles. The number of amides is 2. The monoisotopic (exact) mass is 494 g/mol. The van der Waals surface area contributed by atoms with Crippen LogP contribution in [0.1, 0.15) is 18.9 Å². The molecule has 0 saturated heterocycles. The quantitative estimate of drug-likeness (QED) is 0.391. The Balaban J connectivity index is 1.53. The van der Waals surface area contributed by atoms with Crippen LogP contribution in [0.4, 0.5) is 15.8 Å². The Bertz CT molecular complexity index is 1490. The van der Waals surface area contributed by atoms with E-state index >= 15 is 0 Å². The van der Waals surface area contributed by atoms with Gasteiger partial charge < -0.3 is 10.6 Å². The van der Waals surface area contributed by atoms with Crippen molar-refractivity contribution in [1.29, 1.82) is 0 Å². The predicted molar refractivity (Wildman–Crippen MR) is 134 cm³/mol. The molecule has 0 aliphatic heterocycles. The maximum absolute atomic E-state index is 13.2. The molecule has 0 fully saturated rings. The van der Waals surface area contributed by atoms with Crippen LogP contribution in [0.15, 0.2) is 69.6 Å². The lowest BCUT2D eigenvalue weighted by molar-refractivity contribution is -0.117. The first kappa shape index (κ1) is 24.1. The largest absolute Gasteiger partial charge is 0.332 e. The summed E-state index contributed by atoms with van der Waals surface area (Å²) in [5.41, 5.74) is 1.32. The fourth-order valence-electron chi connectivity index (χ4n) is 3.62. The van der Waals surface area contributed by atoms with E-state index < -0.39 is 28.9 Å². The fourth-order valence-corrected chi connectivity index (χ4v) is 4.46. The van der Waals surface area contributed by atoms with Gasteiger partial charge >= 0.3 is 5.69 Å². The Morgan fingerprint density at radius 1 is 0.886 bits per heavy atom. The van der Waals surface area contributed by atoms with Crippen LogP contribution in [0.5, 0.6) is 0 Å². The molecule has 2 heterocycles. The SMILES string of the molecule is CCc1ccc(NC(=O)Cn2c(=O)n(CCC(=O)Nc3ccc(F)cc3)c(=O)c3sccc32)cc1. The van der Waals surface area contributed by atoms with Gasteiger partial charge in [0.15, 0.2) is 0 Å². The van der Waals surface area contributed by atoms with Crippen molar-refractivity contribution in [1.82, 2.24) is 9.13 Å². The number of aryl methyl sites for hydroxylation is 1. The number of fused-ring (bicyclic) bond motifs is 1. The van der Waals surface area contributed by atoms with Crippen LogP contribution in [0, 0.1) is 5.82 Å². The first-order valence-corrected chi connectivity index (χ1v) is 11.9. The molecular formula is C25H23FN4O4S. The van der Waals surface area contributed by atoms with E-state index in [4.69, 9.17) is 0 Å². The highest BCUT2D eigenvalue weighted by Crippen LogP contribution is 2.16. The van der Waals surface area contributed by atoms with E-state index in [0.717, 1.165) is 27.9 Å².